The van der Waals surface area contributed by atoms with E-state index in [1.165, 1.54) is 0 Å². The Hall–Kier alpha value is -2.24. The van der Waals surface area contributed by atoms with Crippen LogP contribution < -0.4 is 4.90 Å². The normalized spacial score (nSPS) is 14.3. The number of ketones is 1. The Morgan fingerprint density at radius 1 is 1.37 bits per heavy atom. The van der Waals surface area contributed by atoms with Crippen molar-refractivity contribution in [3.05, 3.63) is 36.2 Å². The zero-order valence-electron chi connectivity index (χ0n) is 10.8. The Bertz CT molecular complexity index is 589. The van der Waals surface area contributed by atoms with Crippen molar-refractivity contribution in [2.24, 2.45) is 0 Å². The number of carbonyl (C=O) groups is 1. The first-order valence-corrected chi connectivity index (χ1v) is 6.39. The van der Waals surface area contributed by atoms with Gasteiger partial charge in [-0.25, -0.2) is 0 Å². The van der Waals surface area contributed by atoms with E-state index in [9.17, 15) is 4.79 Å². The van der Waals surface area contributed by atoms with Gasteiger partial charge in [-0.05, 0) is 12.1 Å². The van der Waals surface area contributed by atoms with Gasteiger partial charge in [0.05, 0.1) is 18.4 Å². The maximum atomic E-state index is 11.5. The minimum atomic E-state index is 0.0740. The molecule has 98 valence electrons. The number of rotatable bonds is 3. The predicted molar refractivity (Wildman–Crippen MR) is 69.9 cm³/mol. The molecule has 0 aromatic carbocycles. The van der Waals surface area contributed by atoms with Crippen LogP contribution in [0.15, 0.2) is 24.7 Å². The van der Waals surface area contributed by atoms with Gasteiger partial charge in [0.25, 0.3) is 0 Å². The topological polar surface area (TPSA) is 63.9 Å². The Balaban J connectivity index is 1.79. The van der Waals surface area contributed by atoms with Gasteiger partial charge in [-0.15, -0.1) is 10.2 Å². The fourth-order valence-electron chi connectivity index (χ4n) is 2.21. The zero-order valence-corrected chi connectivity index (χ0v) is 10.8. The predicted octanol–water partition coefficient (Wildman–Crippen LogP) is 1.29. The van der Waals surface area contributed by atoms with Crippen LogP contribution in [0, 0.1) is 0 Å². The van der Waals surface area contributed by atoms with Crippen molar-refractivity contribution >= 4 is 11.5 Å². The van der Waals surface area contributed by atoms with Crippen molar-refractivity contribution in [2.75, 3.05) is 11.4 Å². The number of pyridine rings is 1. The van der Waals surface area contributed by atoms with Crippen molar-refractivity contribution in [2.45, 2.75) is 26.4 Å². The third-order valence-corrected chi connectivity index (χ3v) is 3.36. The summed E-state index contributed by atoms with van der Waals surface area (Å²) in [6.45, 7) is 4.34. The largest absolute Gasteiger partial charge is 0.361 e. The molecule has 2 aromatic heterocycles. The first-order valence-electron chi connectivity index (χ1n) is 6.39. The number of hydrogen-bond donors (Lipinski definition) is 0. The van der Waals surface area contributed by atoms with Gasteiger partial charge < -0.3 is 9.47 Å². The number of anilines is 1. The lowest BCUT2D eigenvalue weighted by molar-refractivity contribution is 0.0983. The van der Waals surface area contributed by atoms with E-state index in [1.54, 1.807) is 18.6 Å². The fraction of sp³-hybridized carbons (Fsp3) is 0.385. The van der Waals surface area contributed by atoms with Gasteiger partial charge in [-0.2, -0.15) is 0 Å². The van der Waals surface area contributed by atoms with Gasteiger partial charge in [0.1, 0.15) is 12.0 Å². The summed E-state index contributed by atoms with van der Waals surface area (Å²) in [5, 5.41) is 7.99. The lowest BCUT2D eigenvalue weighted by Gasteiger charge is -2.28. The highest BCUT2D eigenvalue weighted by Gasteiger charge is 2.18. The molecule has 0 fully saturated rings. The third-order valence-electron chi connectivity index (χ3n) is 3.36. The minimum absolute atomic E-state index is 0.0740. The number of Topliss-reactive ketones (excluding diaryl/α,β-unsaturated/α-hetero) is 1. The Labute approximate surface area is 111 Å². The highest BCUT2D eigenvalue weighted by molar-refractivity contribution is 5.94. The summed E-state index contributed by atoms with van der Waals surface area (Å²) in [4.78, 5) is 18.0. The van der Waals surface area contributed by atoms with Crippen LogP contribution in [0.3, 0.4) is 0 Å². The van der Waals surface area contributed by atoms with E-state index in [4.69, 9.17) is 0 Å². The van der Waals surface area contributed by atoms with Crippen LogP contribution in [0.1, 0.15) is 29.7 Å². The quantitative estimate of drug-likeness (QED) is 0.775. The molecule has 2 aromatic rings. The van der Waals surface area contributed by atoms with E-state index >= 15 is 0 Å². The molecule has 1 aliphatic heterocycles. The molecule has 0 radical (unpaired) electrons. The van der Waals surface area contributed by atoms with Gasteiger partial charge >= 0.3 is 0 Å². The maximum Gasteiger partial charge on any atom is 0.180 e. The SMILES string of the molecule is CCC(=O)c1ccc(N2CCn3cnnc3C2)cn1. The van der Waals surface area contributed by atoms with Crippen LogP contribution in [-0.4, -0.2) is 32.1 Å². The second kappa shape index (κ2) is 4.79. The molecule has 0 N–H and O–H groups in total. The minimum Gasteiger partial charge on any atom is -0.361 e. The molecule has 0 atom stereocenters. The molecule has 0 bridgehead atoms. The van der Waals surface area contributed by atoms with Gasteiger partial charge in [0, 0.05) is 19.5 Å². The molecule has 3 heterocycles. The van der Waals surface area contributed by atoms with Crippen LogP contribution in [0.25, 0.3) is 0 Å². The van der Waals surface area contributed by atoms with Gasteiger partial charge in [-0.3, -0.25) is 9.78 Å². The molecular formula is C13H15N5O. The van der Waals surface area contributed by atoms with E-state index in [-0.39, 0.29) is 5.78 Å². The summed E-state index contributed by atoms with van der Waals surface area (Å²) in [6, 6.07) is 3.74. The summed E-state index contributed by atoms with van der Waals surface area (Å²) in [5.41, 5.74) is 1.55. The maximum absolute atomic E-state index is 11.5. The van der Waals surface area contributed by atoms with E-state index in [2.05, 4.69) is 24.6 Å². The van der Waals surface area contributed by atoms with E-state index in [0.29, 0.717) is 12.1 Å². The number of aromatic nitrogens is 4. The van der Waals surface area contributed by atoms with Crippen molar-refractivity contribution in [1.29, 1.82) is 0 Å². The van der Waals surface area contributed by atoms with Gasteiger partial charge in [-0.1, -0.05) is 6.92 Å². The molecule has 0 unspecified atom stereocenters. The number of nitrogens with zero attached hydrogens (tertiary/aromatic N) is 5. The van der Waals surface area contributed by atoms with Crippen LogP contribution in [0.4, 0.5) is 5.69 Å². The molecule has 0 amide bonds. The van der Waals surface area contributed by atoms with Crippen LogP contribution in [0.2, 0.25) is 0 Å². The zero-order chi connectivity index (χ0) is 13.2. The Morgan fingerprint density at radius 3 is 3.00 bits per heavy atom. The lowest BCUT2D eigenvalue weighted by Crippen LogP contribution is -2.33. The molecule has 3 rings (SSSR count). The Kier molecular flexibility index (Phi) is 2.98. The fourth-order valence-corrected chi connectivity index (χ4v) is 2.21. The van der Waals surface area contributed by atoms with Crippen LogP contribution in [0.5, 0.6) is 0 Å². The molecule has 1 aliphatic rings. The summed E-state index contributed by atoms with van der Waals surface area (Å²) < 4.78 is 2.05. The molecular weight excluding hydrogens is 242 g/mol. The highest BCUT2D eigenvalue weighted by atomic mass is 16.1. The van der Waals surface area contributed by atoms with Crippen molar-refractivity contribution in [1.82, 2.24) is 19.7 Å². The molecule has 0 spiro atoms. The van der Waals surface area contributed by atoms with E-state index in [0.717, 1.165) is 31.1 Å². The van der Waals surface area contributed by atoms with Gasteiger partial charge in [0.15, 0.2) is 11.6 Å². The molecule has 0 saturated carbocycles. The molecule has 19 heavy (non-hydrogen) atoms. The lowest BCUT2D eigenvalue weighted by atomic mass is 10.2. The van der Waals surface area contributed by atoms with E-state index < -0.39 is 0 Å². The first kappa shape index (κ1) is 11.8. The van der Waals surface area contributed by atoms with Crippen LogP contribution in [-0.2, 0) is 13.1 Å². The average Bonchev–Trinajstić information content (AvgIpc) is 2.94. The Morgan fingerprint density at radius 2 is 2.26 bits per heavy atom. The number of hydrogen-bond acceptors (Lipinski definition) is 5. The second-order valence-corrected chi connectivity index (χ2v) is 4.54. The summed E-state index contributed by atoms with van der Waals surface area (Å²) >= 11 is 0. The standard InChI is InChI=1S/C13H15N5O/c1-2-12(19)11-4-3-10(7-14-11)17-5-6-18-9-15-16-13(18)8-17/h3-4,7,9H,2,5-6,8H2,1H3. The van der Waals surface area contributed by atoms with Crippen molar-refractivity contribution < 1.29 is 4.79 Å². The molecule has 6 nitrogen and oxygen atoms in total. The summed E-state index contributed by atoms with van der Waals surface area (Å²) in [5.74, 6) is 1.03. The van der Waals surface area contributed by atoms with Crippen LogP contribution >= 0.6 is 0 Å². The first-order chi connectivity index (χ1) is 9.28. The average molecular weight is 257 g/mol. The summed E-state index contributed by atoms with van der Waals surface area (Å²) in [7, 11) is 0. The third kappa shape index (κ3) is 2.21. The molecule has 6 heteroatoms. The summed E-state index contributed by atoms with van der Waals surface area (Å²) in [6.07, 6.45) is 4.00. The van der Waals surface area contributed by atoms with Crippen molar-refractivity contribution in [3.8, 4) is 0 Å². The molecule has 0 saturated heterocycles. The second-order valence-electron chi connectivity index (χ2n) is 4.54. The van der Waals surface area contributed by atoms with Crippen molar-refractivity contribution in [3.63, 3.8) is 0 Å². The number of fused-ring (bicyclic) bond motifs is 1. The van der Waals surface area contributed by atoms with E-state index in [1.807, 2.05) is 13.0 Å². The smallest absolute Gasteiger partial charge is 0.180 e. The highest BCUT2D eigenvalue weighted by Crippen LogP contribution is 2.19. The monoisotopic (exact) mass is 257 g/mol. The molecule has 0 aliphatic carbocycles. The number of carbonyl (C=O) groups excluding carboxylic acids is 1. The van der Waals surface area contributed by atoms with Gasteiger partial charge in [0.2, 0.25) is 0 Å².